The third kappa shape index (κ3) is 5.03. The van der Waals surface area contributed by atoms with Gasteiger partial charge < -0.3 is 5.11 Å². The van der Waals surface area contributed by atoms with Crippen molar-refractivity contribution in [2.24, 2.45) is 5.10 Å². The Morgan fingerprint density at radius 3 is 2.30 bits per heavy atom. The van der Waals surface area contributed by atoms with Crippen LogP contribution in [0.2, 0.25) is 0 Å². The molecule has 0 spiro atoms. The van der Waals surface area contributed by atoms with E-state index in [0.717, 1.165) is 9.87 Å². The zero-order valence-corrected chi connectivity index (χ0v) is 17.1. The Balaban J connectivity index is 1.83. The number of nitrogens with zero attached hydrogens (tertiary/aromatic N) is 2. The van der Waals surface area contributed by atoms with E-state index in [1.807, 2.05) is 6.92 Å². The number of aromatic hydroxyl groups is 1. The molecular formula is C22H21N3O4S. The van der Waals surface area contributed by atoms with Crippen molar-refractivity contribution < 1.29 is 18.3 Å². The van der Waals surface area contributed by atoms with E-state index in [1.54, 1.807) is 60.7 Å². The number of hydrogen-bond acceptors (Lipinski definition) is 5. The quantitative estimate of drug-likeness (QED) is 0.451. The highest BCUT2D eigenvalue weighted by Gasteiger charge is 2.26. The highest BCUT2D eigenvalue weighted by molar-refractivity contribution is 7.92. The van der Waals surface area contributed by atoms with E-state index < -0.39 is 22.5 Å². The first-order chi connectivity index (χ1) is 14.4. The molecule has 3 rings (SSSR count). The lowest BCUT2D eigenvalue weighted by atomic mass is 10.2. The van der Waals surface area contributed by atoms with Crippen LogP contribution >= 0.6 is 0 Å². The number of amides is 1. The lowest BCUT2D eigenvalue weighted by Crippen LogP contribution is -2.39. The van der Waals surface area contributed by atoms with Gasteiger partial charge in [0.1, 0.15) is 12.3 Å². The topological polar surface area (TPSA) is 99.1 Å². The minimum Gasteiger partial charge on any atom is -0.507 e. The largest absolute Gasteiger partial charge is 0.507 e. The van der Waals surface area contributed by atoms with Gasteiger partial charge in [0.25, 0.3) is 15.9 Å². The number of nitrogens with one attached hydrogen (secondary N) is 1. The van der Waals surface area contributed by atoms with Gasteiger partial charge >= 0.3 is 0 Å². The first-order valence-electron chi connectivity index (χ1n) is 9.12. The highest BCUT2D eigenvalue weighted by Crippen LogP contribution is 2.23. The van der Waals surface area contributed by atoms with Crippen molar-refractivity contribution in [2.45, 2.75) is 11.8 Å². The molecule has 0 atom stereocenters. The molecule has 0 saturated carbocycles. The summed E-state index contributed by atoms with van der Waals surface area (Å²) in [4.78, 5) is 12.5. The number of carbonyl (C=O) groups is 1. The van der Waals surface area contributed by atoms with Gasteiger partial charge in [-0.05, 0) is 43.3 Å². The lowest BCUT2D eigenvalue weighted by molar-refractivity contribution is -0.119. The maximum absolute atomic E-state index is 13.2. The summed E-state index contributed by atoms with van der Waals surface area (Å²) >= 11 is 0. The van der Waals surface area contributed by atoms with Crippen molar-refractivity contribution in [1.29, 1.82) is 0 Å². The van der Waals surface area contributed by atoms with Crippen LogP contribution in [0.3, 0.4) is 0 Å². The van der Waals surface area contributed by atoms with Crippen LogP contribution in [-0.4, -0.2) is 32.2 Å². The third-order valence-corrected chi connectivity index (χ3v) is 6.06. The number of phenolic OH excluding ortho intramolecular Hbond substituents is 1. The van der Waals surface area contributed by atoms with Gasteiger partial charge in [0.15, 0.2) is 0 Å². The summed E-state index contributed by atoms with van der Waals surface area (Å²) in [6.07, 6.45) is 1.29. The lowest BCUT2D eigenvalue weighted by Gasteiger charge is -2.23. The van der Waals surface area contributed by atoms with Crippen molar-refractivity contribution >= 4 is 27.8 Å². The number of hydrogen-bond donors (Lipinski definition) is 2. The van der Waals surface area contributed by atoms with Gasteiger partial charge in [-0.3, -0.25) is 9.10 Å². The number of hydrazone groups is 1. The maximum atomic E-state index is 13.2. The Bertz CT molecular complexity index is 1140. The van der Waals surface area contributed by atoms with Crippen LogP contribution in [0.15, 0.2) is 88.9 Å². The molecule has 0 aliphatic heterocycles. The Morgan fingerprint density at radius 1 is 1.00 bits per heavy atom. The zero-order chi connectivity index (χ0) is 21.6. The van der Waals surface area contributed by atoms with Gasteiger partial charge in [-0.15, -0.1) is 0 Å². The summed E-state index contributed by atoms with van der Waals surface area (Å²) in [5.41, 5.74) is 4.06. The Labute approximate surface area is 175 Å². The second kappa shape index (κ2) is 9.23. The molecule has 1 amide bonds. The number of aryl methyl sites for hydroxylation is 1. The van der Waals surface area contributed by atoms with E-state index in [-0.39, 0.29) is 10.6 Å². The Kier molecular flexibility index (Phi) is 6.48. The molecule has 0 heterocycles. The molecule has 8 heteroatoms. The van der Waals surface area contributed by atoms with Crippen LogP contribution in [0.4, 0.5) is 5.69 Å². The normalized spacial score (nSPS) is 11.4. The highest BCUT2D eigenvalue weighted by atomic mass is 32.2. The molecule has 0 fully saturated rings. The van der Waals surface area contributed by atoms with Gasteiger partial charge in [0, 0.05) is 5.56 Å². The predicted molar refractivity (Wildman–Crippen MR) is 116 cm³/mol. The minimum atomic E-state index is -3.97. The van der Waals surface area contributed by atoms with E-state index in [4.69, 9.17) is 0 Å². The molecule has 2 N–H and O–H groups in total. The van der Waals surface area contributed by atoms with Crippen LogP contribution in [-0.2, 0) is 14.8 Å². The van der Waals surface area contributed by atoms with Crippen LogP contribution in [0, 0.1) is 6.92 Å². The van der Waals surface area contributed by atoms with Gasteiger partial charge in [0.2, 0.25) is 0 Å². The third-order valence-electron chi connectivity index (χ3n) is 4.27. The summed E-state index contributed by atoms with van der Waals surface area (Å²) in [6, 6.07) is 21.3. The monoisotopic (exact) mass is 423 g/mol. The van der Waals surface area contributed by atoms with Crippen molar-refractivity contribution in [2.75, 3.05) is 10.8 Å². The molecule has 7 nitrogen and oxygen atoms in total. The molecular weight excluding hydrogens is 402 g/mol. The standard InChI is InChI=1S/C22H21N3O4S/c1-17-11-13-19(14-12-17)25(30(28,29)20-8-3-2-4-9-20)16-22(27)24-23-15-18-7-5-6-10-21(18)26/h2-15,26H,16H2,1H3,(H,24,27)/b23-15-. The van der Waals surface area contributed by atoms with E-state index in [1.165, 1.54) is 24.4 Å². The molecule has 154 valence electrons. The molecule has 0 radical (unpaired) electrons. The fourth-order valence-electron chi connectivity index (χ4n) is 2.68. The number of anilines is 1. The molecule has 0 aliphatic carbocycles. The molecule has 3 aromatic carbocycles. The molecule has 0 bridgehead atoms. The van der Waals surface area contributed by atoms with Crippen molar-refractivity contribution in [3.8, 4) is 5.75 Å². The Morgan fingerprint density at radius 2 is 1.63 bits per heavy atom. The number of rotatable bonds is 7. The number of sulfonamides is 1. The van der Waals surface area contributed by atoms with E-state index in [9.17, 15) is 18.3 Å². The molecule has 0 unspecified atom stereocenters. The van der Waals surface area contributed by atoms with Gasteiger partial charge in [-0.25, -0.2) is 13.8 Å². The SMILES string of the molecule is Cc1ccc(N(CC(=O)N/N=C\c2ccccc2O)S(=O)(=O)c2ccccc2)cc1. The second-order valence-corrected chi connectivity index (χ2v) is 8.37. The fourth-order valence-corrected chi connectivity index (χ4v) is 4.12. The average molecular weight is 423 g/mol. The summed E-state index contributed by atoms with van der Waals surface area (Å²) in [7, 11) is -3.97. The number of phenols is 1. The second-order valence-electron chi connectivity index (χ2n) is 6.51. The molecule has 30 heavy (non-hydrogen) atoms. The summed E-state index contributed by atoms with van der Waals surface area (Å²) in [6.45, 7) is 1.43. The molecule has 0 aromatic heterocycles. The maximum Gasteiger partial charge on any atom is 0.264 e. The molecule has 0 aliphatic rings. The summed E-state index contributed by atoms with van der Waals surface area (Å²) in [5, 5.41) is 13.5. The first kappa shape index (κ1) is 21.1. The summed E-state index contributed by atoms with van der Waals surface area (Å²) < 4.78 is 27.4. The van der Waals surface area contributed by atoms with E-state index >= 15 is 0 Å². The smallest absolute Gasteiger partial charge is 0.264 e. The van der Waals surface area contributed by atoms with Gasteiger partial charge in [0.05, 0.1) is 16.8 Å². The number of para-hydroxylation sites is 1. The van der Waals surface area contributed by atoms with Gasteiger partial charge in [-0.1, -0.05) is 48.0 Å². The Hall–Kier alpha value is -3.65. The average Bonchev–Trinajstić information content (AvgIpc) is 2.75. The van der Waals surface area contributed by atoms with Crippen molar-refractivity contribution in [3.05, 3.63) is 90.0 Å². The van der Waals surface area contributed by atoms with Crippen LogP contribution < -0.4 is 9.73 Å². The van der Waals surface area contributed by atoms with Crippen LogP contribution in [0.1, 0.15) is 11.1 Å². The fraction of sp³-hybridized carbons (Fsp3) is 0.0909. The van der Waals surface area contributed by atoms with E-state index in [2.05, 4.69) is 10.5 Å². The molecule has 3 aromatic rings. The van der Waals surface area contributed by atoms with Crippen LogP contribution in [0.5, 0.6) is 5.75 Å². The minimum absolute atomic E-state index is 0.0171. The van der Waals surface area contributed by atoms with Crippen LogP contribution in [0.25, 0.3) is 0 Å². The molecule has 0 saturated heterocycles. The predicted octanol–water partition coefficient (Wildman–Crippen LogP) is 3.05. The van der Waals surface area contributed by atoms with E-state index in [0.29, 0.717) is 11.3 Å². The first-order valence-corrected chi connectivity index (χ1v) is 10.6. The zero-order valence-electron chi connectivity index (χ0n) is 16.3. The summed E-state index contributed by atoms with van der Waals surface area (Å²) in [5.74, 6) is -0.606. The van der Waals surface area contributed by atoms with Crippen molar-refractivity contribution in [3.63, 3.8) is 0 Å². The van der Waals surface area contributed by atoms with Crippen molar-refractivity contribution in [1.82, 2.24) is 5.43 Å². The number of benzene rings is 3. The van der Waals surface area contributed by atoms with Gasteiger partial charge in [-0.2, -0.15) is 5.10 Å². The number of carbonyl (C=O) groups excluding carboxylic acids is 1.